The van der Waals surface area contributed by atoms with Gasteiger partial charge in [-0.15, -0.1) is 11.8 Å². The molecule has 0 aliphatic heterocycles. The molecule has 1 N–H and O–H groups in total. The molecule has 0 spiro atoms. The number of hydrazone groups is 1. The third-order valence-electron chi connectivity index (χ3n) is 5.97. The van der Waals surface area contributed by atoms with Crippen LogP contribution < -0.4 is 10.2 Å². The summed E-state index contributed by atoms with van der Waals surface area (Å²) in [5.41, 5.74) is 10.9. The minimum absolute atomic E-state index is 0.119. The number of thioether (sulfide) groups is 1. The number of rotatable bonds is 8. The zero-order valence-electron chi connectivity index (χ0n) is 19.5. The van der Waals surface area contributed by atoms with Crippen LogP contribution in [0.3, 0.4) is 0 Å². The molecule has 1 aliphatic carbocycles. The molecule has 0 fully saturated rings. The van der Waals surface area contributed by atoms with E-state index in [0.717, 1.165) is 16.9 Å². The number of aryl methyl sites for hydroxylation is 1. The van der Waals surface area contributed by atoms with E-state index in [1.165, 1.54) is 27.8 Å². The van der Waals surface area contributed by atoms with Gasteiger partial charge in [0.2, 0.25) is 5.91 Å². The molecule has 0 heterocycles. The van der Waals surface area contributed by atoms with Crippen LogP contribution in [0.2, 0.25) is 0 Å². The van der Waals surface area contributed by atoms with Crippen molar-refractivity contribution < 1.29 is 9.53 Å². The van der Waals surface area contributed by atoms with Gasteiger partial charge in [-0.25, -0.2) is 5.43 Å². The first-order chi connectivity index (χ1) is 17.2. The summed E-state index contributed by atoms with van der Waals surface area (Å²) < 4.78 is 5.84. The van der Waals surface area contributed by atoms with Crippen LogP contribution in [0.4, 0.5) is 0 Å². The van der Waals surface area contributed by atoms with Crippen LogP contribution in [0, 0.1) is 6.92 Å². The van der Waals surface area contributed by atoms with E-state index in [-0.39, 0.29) is 11.2 Å². The second-order valence-electron chi connectivity index (χ2n) is 8.50. The Kier molecular flexibility index (Phi) is 6.96. The zero-order valence-corrected chi connectivity index (χ0v) is 20.3. The Hall–Kier alpha value is -3.83. The van der Waals surface area contributed by atoms with Crippen molar-refractivity contribution in [2.24, 2.45) is 5.10 Å². The largest absolute Gasteiger partial charge is 0.489 e. The van der Waals surface area contributed by atoms with Crippen LogP contribution in [0.5, 0.6) is 5.75 Å². The van der Waals surface area contributed by atoms with Crippen LogP contribution in [-0.4, -0.2) is 17.9 Å². The minimum atomic E-state index is -0.119. The number of hydrogen-bond acceptors (Lipinski definition) is 4. The van der Waals surface area contributed by atoms with Gasteiger partial charge in [0.15, 0.2) is 0 Å². The van der Waals surface area contributed by atoms with Gasteiger partial charge in [-0.3, -0.25) is 4.79 Å². The van der Waals surface area contributed by atoms with E-state index in [1.54, 1.807) is 18.0 Å². The van der Waals surface area contributed by atoms with E-state index in [9.17, 15) is 4.79 Å². The van der Waals surface area contributed by atoms with Crippen LogP contribution in [0.15, 0.2) is 102 Å². The average molecular weight is 479 g/mol. The highest BCUT2D eigenvalue weighted by Gasteiger charge is 2.28. The molecule has 0 unspecified atom stereocenters. The third kappa shape index (κ3) is 5.47. The summed E-state index contributed by atoms with van der Waals surface area (Å²) in [6.07, 6.45) is 1.65. The molecule has 4 aromatic rings. The van der Waals surface area contributed by atoms with Gasteiger partial charge < -0.3 is 4.74 Å². The summed E-state index contributed by atoms with van der Waals surface area (Å²) >= 11 is 1.63. The van der Waals surface area contributed by atoms with Crippen molar-refractivity contribution in [2.45, 2.75) is 18.8 Å². The number of benzene rings is 4. The van der Waals surface area contributed by atoms with Crippen molar-refractivity contribution in [3.05, 3.63) is 125 Å². The normalized spacial score (nSPS) is 12.4. The summed E-state index contributed by atoms with van der Waals surface area (Å²) in [7, 11) is 0. The molecule has 1 aliphatic rings. The highest BCUT2D eigenvalue weighted by atomic mass is 32.2. The van der Waals surface area contributed by atoms with Crippen molar-refractivity contribution >= 4 is 23.9 Å². The van der Waals surface area contributed by atoms with E-state index in [0.29, 0.717) is 12.4 Å². The van der Waals surface area contributed by atoms with Crippen molar-refractivity contribution in [1.29, 1.82) is 0 Å². The minimum Gasteiger partial charge on any atom is -0.489 e. The Bertz CT molecular complexity index is 1300. The molecule has 0 bridgehead atoms. The molecule has 4 aromatic carbocycles. The van der Waals surface area contributed by atoms with Gasteiger partial charge >= 0.3 is 0 Å². The highest BCUT2D eigenvalue weighted by Crippen LogP contribution is 2.49. The first-order valence-electron chi connectivity index (χ1n) is 11.6. The molecule has 0 saturated heterocycles. The van der Waals surface area contributed by atoms with E-state index >= 15 is 0 Å². The number of fused-ring (bicyclic) bond motifs is 3. The first-order valence-corrected chi connectivity index (χ1v) is 12.6. The van der Waals surface area contributed by atoms with Crippen molar-refractivity contribution in [2.75, 3.05) is 5.75 Å². The standard InChI is InChI=1S/C30H26N2O2S/c1-21-10-12-23(13-11-21)19-34-24-16-14-22(15-17-24)18-31-32-29(33)20-35-30-27-8-4-2-6-25(27)26-7-3-5-9-28(26)30/h2-18,30H,19-20H2,1H3,(H,32,33)/b31-18-. The second kappa shape index (κ2) is 10.6. The molecular formula is C30H26N2O2S. The van der Waals surface area contributed by atoms with E-state index in [1.807, 2.05) is 24.3 Å². The summed E-state index contributed by atoms with van der Waals surface area (Å²) in [5, 5.41) is 4.29. The van der Waals surface area contributed by atoms with Crippen LogP contribution in [0.25, 0.3) is 11.1 Å². The first kappa shape index (κ1) is 22.9. The van der Waals surface area contributed by atoms with Crippen molar-refractivity contribution in [3.8, 4) is 16.9 Å². The molecule has 0 radical (unpaired) electrons. The Labute approximate surface area is 210 Å². The lowest BCUT2D eigenvalue weighted by molar-refractivity contribution is -0.118. The van der Waals surface area contributed by atoms with Gasteiger partial charge in [-0.1, -0.05) is 78.4 Å². The molecule has 35 heavy (non-hydrogen) atoms. The average Bonchev–Trinajstić information content (AvgIpc) is 3.21. The fraction of sp³-hybridized carbons (Fsp3) is 0.133. The lowest BCUT2D eigenvalue weighted by Crippen LogP contribution is -2.20. The Morgan fingerprint density at radius 1 is 0.886 bits per heavy atom. The van der Waals surface area contributed by atoms with E-state index in [2.05, 4.69) is 90.2 Å². The molecule has 0 aromatic heterocycles. The van der Waals surface area contributed by atoms with Gasteiger partial charge in [-0.2, -0.15) is 5.10 Å². The van der Waals surface area contributed by atoms with Gasteiger partial charge in [-0.05, 0) is 64.6 Å². The van der Waals surface area contributed by atoms with Crippen molar-refractivity contribution in [3.63, 3.8) is 0 Å². The molecule has 4 nitrogen and oxygen atoms in total. The second-order valence-corrected chi connectivity index (χ2v) is 9.60. The van der Waals surface area contributed by atoms with E-state index < -0.39 is 0 Å². The maximum atomic E-state index is 12.4. The summed E-state index contributed by atoms with van der Waals surface area (Å²) in [5.74, 6) is 1.00. The Morgan fingerprint density at radius 2 is 1.51 bits per heavy atom. The van der Waals surface area contributed by atoms with Crippen LogP contribution >= 0.6 is 11.8 Å². The van der Waals surface area contributed by atoms with Crippen LogP contribution in [-0.2, 0) is 11.4 Å². The maximum absolute atomic E-state index is 12.4. The lowest BCUT2D eigenvalue weighted by Gasteiger charge is -2.12. The summed E-state index contributed by atoms with van der Waals surface area (Å²) in [6, 6.07) is 32.8. The van der Waals surface area contributed by atoms with Gasteiger partial charge in [0.05, 0.1) is 17.2 Å². The molecule has 0 saturated carbocycles. The number of amides is 1. The monoisotopic (exact) mass is 478 g/mol. The van der Waals surface area contributed by atoms with E-state index in [4.69, 9.17) is 4.74 Å². The highest BCUT2D eigenvalue weighted by molar-refractivity contribution is 8.00. The Morgan fingerprint density at radius 3 is 2.17 bits per heavy atom. The number of nitrogens with one attached hydrogen (secondary N) is 1. The predicted molar refractivity (Wildman–Crippen MR) is 144 cm³/mol. The quantitative estimate of drug-likeness (QED) is 0.231. The lowest BCUT2D eigenvalue weighted by atomic mass is 10.1. The van der Waals surface area contributed by atoms with Gasteiger partial charge in [0, 0.05) is 0 Å². The topological polar surface area (TPSA) is 50.7 Å². The predicted octanol–water partition coefficient (Wildman–Crippen LogP) is 6.53. The fourth-order valence-electron chi connectivity index (χ4n) is 4.16. The third-order valence-corrected chi connectivity index (χ3v) is 7.24. The van der Waals surface area contributed by atoms with Gasteiger partial charge in [0.25, 0.3) is 0 Å². The molecule has 5 heteroatoms. The molecule has 5 rings (SSSR count). The van der Waals surface area contributed by atoms with Gasteiger partial charge in [0.1, 0.15) is 12.4 Å². The Balaban J connectivity index is 1.12. The number of nitrogens with zero attached hydrogens (tertiary/aromatic N) is 1. The number of carbonyl (C=O) groups is 1. The molecule has 174 valence electrons. The molecule has 0 atom stereocenters. The summed E-state index contributed by atoms with van der Waals surface area (Å²) in [6.45, 7) is 2.59. The van der Waals surface area contributed by atoms with Crippen molar-refractivity contribution in [1.82, 2.24) is 5.43 Å². The number of hydrogen-bond donors (Lipinski definition) is 1. The zero-order chi connectivity index (χ0) is 24.0. The molecular weight excluding hydrogens is 452 g/mol. The summed E-state index contributed by atoms with van der Waals surface area (Å²) in [4.78, 5) is 12.4. The number of ether oxygens (including phenoxy) is 1. The number of carbonyl (C=O) groups excluding carboxylic acids is 1. The maximum Gasteiger partial charge on any atom is 0.250 e. The SMILES string of the molecule is Cc1ccc(COc2ccc(/C=N\NC(=O)CSC3c4ccccc4-c4ccccc43)cc2)cc1. The fourth-order valence-corrected chi connectivity index (χ4v) is 5.31. The van der Waals surface area contributed by atoms with Crippen LogP contribution in [0.1, 0.15) is 33.1 Å². The smallest absolute Gasteiger partial charge is 0.250 e. The molecule has 1 amide bonds.